The topological polar surface area (TPSA) is 74.8 Å². The number of carbonyl (C=O) groups is 1. The molecule has 0 radical (unpaired) electrons. The zero-order chi connectivity index (χ0) is 19.0. The Morgan fingerprint density at radius 3 is 2.52 bits per heavy atom. The lowest BCUT2D eigenvalue weighted by Gasteiger charge is -2.06. The van der Waals surface area contributed by atoms with Crippen LogP contribution in [0.4, 0.5) is 5.69 Å². The summed E-state index contributed by atoms with van der Waals surface area (Å²) >= 11 is 1.65. The summed E-state index contributed by atoms with van der Waals surface area (Å²) in [7, 11) is 0. The first kappa shape index (κ1) is 17.2. The molecule has 0 aliphatic carbocycles. The van der Waals surface area contributed by atoms with Gasteiger partial charge in [-0.05, 0) is 67.4 Å². The van der Waals surface area contributed by atoms with Crippen molar-refractivity contribution in [2.45, 2.75) is 13.8 Å². The highest BCUT2D eigenvalue weighted by atomic mass is 32.1. The minimum Gasteiger partial charge on any atom is -0.321 e. The van der Waals surface area contributed by atoms with Crippen molar-refractivity contribution < 1.29 is 4.79 Å². The second kappa shape index (κ2) is 6.81. The smallest absolute Gasteiger partial charge is 0.272 e. The Kier molecular flexibility index (Phi) is 4.33. The summed E-state index contributed by atoms with van der Waals surface area (Å²) in [6.07, 6.45) is 0. The van der Waals surface area contributed by atoms with Crippen molar-refractivity contribution in [3.63, 3.8) is 0 Å². The Balaban J connectivity index is 1.56. The molecule has 27 heavy (non-hydrogen) atoms. The zero-order valence-electron chi connectivity index (χ0n) is 14.9. The Labute approximate surface area is 159 Å². The van der Waals surface area contributed by atoms with Crippen LogP contribution in [-0.2, 0) is 0 Å². The summed E-state index contributed by atoms with van der Waals surface area (Å²) in [5.41, 5.74) is 4.54. The predicted octanol–water partition coefficient (Wildman–Crippen LogP) is 4.52. The quantitative estimate of drug-likeness (QED) is 0.553. The first-order chi connectivity index (χ1) is 13.0. The fraction of sp³-hybridized carbons (Fsp3) is 0.0952. The van der Waals surface area contributed by atoms with Gasteiger partial charge in [0.05, 0.1) is 10.2 Å². The van der Waals surface area contributed by atoms with Gasteiger partial charge in [-0.15, -0.1) is 11.3 Å². The van der Waals surface area contributed by atoms with E-state index in [1.54, 1.807) is 24.3 Å². The molecule has 0 saturated heterocycles. The molecule has 5 nitrogen and oxygen atoms in total. The average molecular weight is 375 g/mol. The number of pyridine rings is 1. The van der Waals surface area contributed by atoms with Gasteiger partial charge in [-0.1, -0.05) is 6.07 Å². The van der Waals surface area contributed by atoms with Crippen LogP contribution in [0.25, 0.3) is 20.8 Å². The number of rotatable bonds is 3. The minimum atomic E-state index is -0.348. The van der Waals surface area contributed by atoms with Gasteiger partial charge in [0.25, 0.3) is 5.91 Å². The summed E-state index contributed by atoms with van der Waals surface area (Å²) in [5.74, 6) is -0.348. The van der Waals surface area contributed by atoms with Gasteiger partial charge in [0.2, 0.25) is 5.56 Å². The fourth-order valence-corrected chi connectivity index (χ4v) is 3.92. The summed E-state index contributed by atoms with van der Waals surface area (Å²) in [6.45, 7) is 3.85. The lowest BCUT2D eigenvalue weighted by atomic mass is 10.2. The van der Waals surface area contributed by atoms with Gasteiger partial charge in [0.1, 0.15) is 10.7 Å². The van der Waals surface area contributed by atoms with E-state index in [2.05, 4.69) is 34.3 Å². The standard InChI is InChI=1S/C21H17N3O2S/c1-12-3-8-16-18(10-12)27-21(24-16)14-4-6-15(7-5-14)22-20(26)17-9-13(2)11-19(25)23-17/h3-11H,1-2H3,(H,22,26)(H,23,25). The van der Waals surface area contributed by atoms with Gasteiger partial charge in [0.15, 0.2) is 0 Å². The van der Waals surface area contributed by atoms with E-state index in [4.69, 9.17) is 0 Å². The molecule has 1 amide bonds. The normalized spacial score (nSPS) is 10.9. The van der Waals surface area contributed by atoms with Gasteiger partial charge in [-0.3, -0.25) is 9.59 Å². The Morgan fingerprint density at radius 1 is 1.00 bits per heavy atom. The van der Waals surface area contributed by atoms with Crippen molar-refractivity contribution in [2.75, 3.05) is 5.32 Å². The molecule has 0 unspecified atom stereocenters. The van der Waals surface area contributed by atoms with Crippen molar-refractivity contribution >= 4 is 33.1 Å². The number of hydrogen-bond acceptors (Lipinski definition) is 4. The summed E-state index contributed by atoms with van der Waals surface area (Å²) in [6, 6.07) is 16.8. The molecular weight excluding hydrogens is 358 g/mol. The molecular formula is C21H17N3O2S. The van der Waals surface area contributed by atoms with Gasteiger partial charge in [-0.2, -0.15) is 0 Å². The number of amides is 1. The minimum absolute atomic E-state index is 0.241. The number of aryl methyl sites for hydroxylation is 2. The summed E-state index contributed by atoms with van der Waals surface area (Å²) in [5, 5.41) is 3.74. The number of aromatic nitrogens is 2. The number of benzene rings is 2. The number of carbonyl (C=O) groups excluding carboxylic acids is 1. The molecule has 6 heteroatoms. The van der Waals surface area contributed by atoms with E-state index in [9.17, 15) is 9.59 Å². The second-order valence-corrected chi connectivity index (χ2v) is 7.49. The molecule has 4 aromatic rings. The van der Waals surface area contributed by atoms with Crippen LogP contribution in [0.2, 0.25) is 0 Å². The molecule has 0 saturated carbocycles. The number of anilines is 1. The van der Waals surface area contributed by atoms with E-state index in [-0.39, 0.29) is 17.2 Å². The van der Waals surface area contributed by atoms with E-state index >= 15 is 0 Å². The summed E-state index contributed by atoms with van der Waals surface area (Å²) in [4.78, 5) is 31.1. The molecule has 0 spiro atoms. The van der Waals surface area contributed by atoms with Crippen LogP contribution in [0.15, 0.2) is 59.4 Å². The number of thiazole rings is 1. The van der Waals surface area contributed by atoms with Gasteiger partial charge >= 0.3 is 0 Å². The lowest BCUT2D eigenvalue weighted by molar-refractivity contribution is 0.102. The van der Waals surface area contributed by atoms with Crippen molar-refractivity contribution in [1.29, 1.82) is 0 Å². The van der Waals surface area contributed by atoms with Gasteiger partial charge in [0, 0.05) is 17.3 Å². The fourth-order valence-electron chi connectivity index (χ4n) is 2.85. The SMILES string of the molecule is Cc1cc(C(=O)Nc2ccc(-c3nc4ccc(C)cc4s3)cc2)[nH]c(=O)c1. The highest BCUT2D eigenvalue weighted by Gasteiger charge is 2.10. The van der Waals surface area contributed by atoms with Crippen LogP contribution in [0.1, 0.15) is 21.6 Å². The molecule has 0 aliphatic heterocycles. The van der Waals surface area contributed by atoms with Gasteiger partial charge < -0.3 is 10.3 Å². The third-order valence-electron chi connectivity index (χ3n) is 4.17. The van der Waals surface area contributed by atoms with Crippen LogP contribution in [-0.4, -0.2) is 15.9 Å². The Bertz CT molecular complexity index is 1210. The van der Waals surface area contributed by atoms with E-state index in [1.165, 1.54) is 11.6 Å². The lowest BCUT2D eigenvalue weighted by Crippen LogP contribution is -2.18. The maximum absolute atomic E-state index is 12.3. The highest BCUT2D eigenvalue weighted by Crippen LogP contribution is 2.31. The number of hydrogen-bond donors (Lipinski definition) is 2. The van der Waals surface area contributed by atoms with E-state index < -0.39 is 0 Å². The number of nitrogens with zero attached hydrogens (tertiary/aromatic N) is 1. The van der Waals surface area contributed by atoms with Crippen LogP contribution < -0.4 is 10.9 Å². The molecule has 0 atom stereocenters. The van der Waals surface area contributed by atoms with Gasteiger partial charge in [-0.25, -0.2) is 4.98 Å². The third-order valence-corrected chi connectivity index (χ3v) is 5.23. The molecule has 2 N–H and O–H groups in total. The highest BCUT2D eigenvalue weighted by molar-refractivity contribution is 7.21. The van der Waals surface area contributed by atoms with Crippen LogP contribution in [0.5, 0.6) is 0 Å². The van der Waals surface area contributed by atoms with E-state index in [1.807, 2.05) is 30.3 Å². The molecule has 2 heterocycles. The van der Waals surface area contributed by atoms with Crippen LogP contribution in [0.3, 0.4) is 0 Å². The van der Waals surface area contributed by atoms with Crippen molar-refractivity contribution in [3.05, 3.63) is 81.8 Å². The monoisotopic (exact) mass is 375 g/mol. The van der Waals surface area contributed by atoms with E-state index in [0.29, 0.717) is 5.69 Å². The maximum Gasteiger partial charge on any atom is 0.272 e. The Morgan fingerprint density at radius 2 is 1.78 bits per heavy atom. The summed E-state index contributed by atoms with van der Waals surface area (Å²) < 4.78 is 1.16. The van der Waals surface area contributed by atoms with E-state index in [0.717, 1.165) is 26.4 Å². The molecule has 2 aromatic carbocycles. The Hall–Kier alpha value is -3.25. The van der Waals surface area contributed by atoms with Crippen molar-refractivity contribution in [2.24, 2.45) is 0 Å². The molecule has 0 fully saturated rings. The van der Waals surface area contributed by atoms with Crippen molar-refractivity contribution in [3.8, 4) is 10.6 Å². The number of nitrogens with one attached hydrogen (secondary N) is 2. The second-order valence-electron chi connectivity index (χ2n) is 6.46. The molecule has 0 aliphatic rings. The number of aromatic amines is 1. The molecule has 134 valence electrons. The predicted molar refractivity (Wildman–Crippen MR) is 110 cm³/mol. The number of H-pyrrole nitrogens is 1. The molecule has 0 bridgehead atoms. The average Bonchev–Trinajstić information content (AvgIpc) is 3.04. The molecule has 2 aromatic heterocycles. The molecule has 4 rings (SSSR count). The zero-order valence-corrected chi connectivity index (χ0v) is 15.7. The van der Waals surface area contributed by atoms with Crippen molar-refractivity contribution in [1.82, 2.24) is 9.97 Å². The maximum atomic E-state index is 12.3. The third kappa shape index (κ3) is 3.66. The number of fused-ring (bicyclic) bond motifs is 1. The largest absolute Gasteiger partial charge is 0.321 e. The van der Waals surface area contributed by atoms with Crippen LogP contribution >= 0.6 is 11.3 Å². The first-order valence-electron chi connectivity index (χ1n) is 8.48. The first-order valence-corrected chi connectivity index (χ1v) is 9.29. The van der Waals surface area contributed by atoms with Crippen LogP contribution in [0, 0.1) is 13.8 Å².